The maximum atomic E-state index is 12.9. The number of amides is 3. The highest BCUT2D eigenvalue weighted by atomic mass is 32.2. The van der Waals surface area contributed by atoms with Crippen LogP contribution in [0, 0.1) is 0 Å². The maximum absolute atomic E-state index is 12.9. The Morgan fingerprint density at radius 1 is 1.29 bits per heavy atom. The van der Waals surface area contributed by atoms with Gasteiger partial charge in [-0.3, -0.25) is 19.7 Å². The van der Waals surface area contributed by atoms with E-state index in [1.54, 1.807) is 17.1 Å². The lowest BCUT2D eigenvalue weighted by Gasteiger charge is -2.46. The van der Waals surface area contributed by atoms with E-state index in [4.69, 9.17) is 9.94 Å². The summed E-state index contributed by atoms with van der Waals surface area (Å²) >= 11 is 3.39. The molecule has 1 aromatic rings. The summed E-state index contributed by atoms with van der Waals surface area (Å²) in [5.74, 6) is -3.36. The van der Waals surface area contributed by atoms with Gasteiger partial charge in [-0.1, -0.05) is 5.16 Å². The number of carboxylic acid groups (broad SMARTS) is 1. The van der Waals surface area contributed by atoms with Gasteiger partial charge < -0.3 is 20.2 Å². The third kappa shape index (κ3) is 5.00. The van der Waals surface area contributed by atoms with Gasteiger partial charge in [0.05, 0.1) is 5.57 Å². The second kappa shape index (κ2) is 9.46. The van der Waals surface area contributed by atoms with Crippen LogP contribution < -0.4 is 10.6 Å². The standard InChI is InChI=1S/C17H14F3N5O6S3/c18-17(19,20)15(30)23-16-21-8(5-34-16)9(24-31-7-3-32-4-7)11(26)22-10-12(27)25-1-6(14(28)29)2-33-13(10)25/h1,5,7,10,13H,2-4H2,(H,22,26)(H,28,29)(H,21,23,30)/t10?,13-/m1/s1. The Morgan fingerprint density at radius 2 is 2.03 bits per heavy atom. The van der Waals surface area contributed by atoms with Crippen molar-refractivity contribution < 1.29 is 42.3 Å². The number of aliphatic carboxylic acids is 1. The van der Waals surface area contributed by atoms with Crippen molar-refractivity contribution in [2.45, 2.75) is 23.7 Å². The number of thioether (sulfide) groups is 2. The molecule has 3 aliphatic heterocycles. The number of fused-ring (bicyclic) bond motifs is 1. The van der Waals surface area contributed by atoms with Crippen molar-refractivity contribution in [2.75, 3.05) is 22.6 Å². The summed E-state index contributed by atoms with van der Waals surface area (Å²) in [6, 6.07) is -0.975. The molecule has 0 aliphatic carbocycles. The molecule has 2 atom stereocenters. The van der Waals surface area contributed by atoms with Gasteiger partial charge in [0, 0.05) is 28.8 Å². The van der Waals surface area contributed by atoms with Gasteiger partial charge in [-0.2, -0.15) is 24.9 Å². The van der Waals surface area contributed by atoms with E-state index < -0.39 is 46.4 Å². The molecule has 3 N–H and O–H groups in total. The maximum Gasteiger partial charge on any atom is 0.471 e. The molecule has 1 unspecified atom stereocenters. The van der Waals surface area contributed by atoms with Crippen LogP contribution in [0.4, 0.5) is 18.3 Å². The highest BCUT2D eigenvalue weighted by Gasteiger charge is 2.50. The molecular formula is C17H14F3N5O6S3. The number of hydrogen-bond acceptors (Lipinski definition) is 10. The summed E-state index contributed by atoms with van der Waals surface area (Å²) < 4.78 is 37.5. The zero-order valence-corrected chi connectivity index (χ0v) is 19.1. The van der Waals surface area contributed by atoms with E-state index in [-0.39, 0.29) is 28.8 Å². The third-order valence-corrected chi connectivity index (χ3v) is 7.98. The highest BCUT2D eigenvalue weighted by Crippen LogP contribution is 2.36. The van der Waals surface area contributed by atoms with Gasteiger partial charge >= 0.3 is 18.1 Å². The number of anilines is 1. The van der Waals surface area contributed by atoms with Crippen LogP contribution in [0.25, 0.3) is 0 Å². The number of β-lactam (4-membered cyclic amide) rings is 1. The predicted octanol–water partition coefficient (Wildman–Crippen LogP) is 0.848. The molecule has 4 heterocycles. The molecule has 0 spiro atoms. The van der Waals surface area contributed by atoms with E-state index in [0.29, 0.717) is 22.8 Å². The number of hydrogen-bond donors (Lipinski definition) is 3. The van der Waals surface area contributed by atoms with Crippen LogP contribution in [0.1, 0.15) is 5.69 Å². The molecule has 4 rings (SSSR count). The van der Waals surface area contributed by atoms with E-state index in [9.17, 15) is 32.3 Å². The molecule has 1 aromatic heterocycles. The molecule has 0 bridgehead atoms. The largest absolute Gasteiger partial charge is 0.478 e. The predicted molar refractivity (Wildman–Crippen MR) is 116 cm³/mol. The van der Waals surface area contributed by atoms with Crippen molar-refractivity contribution in [1.82, 2.24) is 15.2 Å². The molecule has 2 fully saturated rings. The minimum absolute atomic E-state index is 0.0457. The van der Waals surface area contributed by atoms with Gasteiger partial charge in [0.1, 0.15) is 23.2 Å². The van der Waals surface area contributed by atoms with E-state index in [1.165, 1.54) is 16.5 Å². The van der Waals surface area contributed by atoms with Crippen molar-refractivity contribution in [3.8, 4) is 0 Å². The van der Waals surface area contributed by atoms with E-state index in [2.05, 4.69) is 15.5 Å². The Morgan fingerprint density at radius 3 is 2.65 bits per heavy atom. The lowest BCUT2D eigenvalue weighted by Crippen LogP contribution is -2.69. The van der Waals surface area contributed by atoms with Crippen LogP contribution in [0.15, 0.2) is 22.3 Å². The summed E-state index contributed by atoms with van der Waals surface area (Å²) in [7, 11) is 0. The van der Waals surface area contributed by atoms with Crippen LogP contribution in [0.5, 0.6) is 0 Å². The molecule has 11 nitrogen and oxygen atoms in total. The SMILES string of the molecule is O=C(O)C1=CN2C(=O)C(NC(=O)C(=NOC3CSC3)c3csc(NC(=O)C(F)(F)F)n3)[C@H]2SC1. The monoisotopic (exact) mass is 537 g/mol. The number of carboxylic acids is 1. The van der Waals surface area contributed by atoms with Crippen LogP contribution in [-0.2, 0) is 24.0 Å². The first-order chi connectivity index (χ1) is 16.0. The minimum Gasteiger partial charge on any atom is -0.478 e. The van der Waals surface area contributed by atoms with Gasteiger partial charge in [-0.05, 0) is 0 Å². The van der Waals surface area contributed by atoms with Crippen LogP contribution in [-0.4, -0.2) is 85.3 Å². The average molecular weight is 538 g/mol. The average Bonchev–Trinajstić information content (AvgIpc) is 3.20. The summed E-state index contributed by atoms with van der Waals surface area (Å²) in [5, 5.41) is 17.3. The normalized spacial score (nSPS) is 22.7. The molecule has 3 aliphatic rings. The Labute approximate surface area is 201 Å². The number of carbonyl (C=O) groups excluding carboxylic acids is 3. The third-order valence-electron chi connectivity index (χ3n) is 4.69. The van der Waals surface area contributed by atoms with Gasteiger partial charge in [-0.25, -0.2) is 9.78 Å². The second-order valence-electron chi connectivity index (χ2n) is 7.05. The van der Waals surface area contributed by atoms with Gasteiger partial charge in [0.2, 0.25) is 0 Å². The molecule has 17 heteroatoms. The first-order valence-electron chi connectivity index (χ1n) is 9.39. The van der Waals surface area contributed by atoms with Crippen molar-refractivity contribution in [1.29, 1.82) is 0 Å². The quantitative estimate of drug-likeness (QED) is 0.261. The summed E-state index contributed by atoms with van der Waals surface area (Å²) in [6.07, 6.45) is -4.16. The van der Waals surface area contributed by atoms with Crippen LogP contribution in [0.2, 0.25) is 0 Å². The molecule has 2 saturated heterocycles. The first kappa shape index (κ1) is 24.3. The van der Waals surface area contributed by atoms with E-state index in [1.807, 2.05) is 0 Å². The molecule has 0 radical (unpaired) electrons. The van der Waals surface area contributed by atoms with Crippen molar-refractivity contribution in [3.05, 3.63) is 22.8 Å². The molecule has 34 heavy (non-hydrogen) atoms. The van der Waals surface area contributed by atoms with Crippen LogP contribution >= 0.6 is 34.9 Å². The molecule has 0 saturated carbocycles. The lowest BCUT2D eigenvalue weighted by molar-refractivity contribution is -0.167. The number of aromatic nitrogens is 1. The smallest absolute Gasteiger partial charge is 0.471 e. The van der Waals surface area contributed by atoms with E-state index >= 15 is 0 Å². The minimum atomic E-state index is -5.12. The molecule has 0 aromatic carbocycles. The van der Waals surface area contributed by atoms with Gasteiger partial charge in [0.25, 0.3) is 11.8 Å². The van der Waals surface area contributed by atoms with Gasteiger partial charge in [-0.15, -0.1) is 23.1 Å². The second-order valence-corrected chi connectivity index (χ2v) is 10.1. The van der Waals surface area contributed by atoms with Crippen molar-refractivity contribution in [3.63, 3.8) is 0 Å². The number of alkyl halides is 3. The zero-order valence-electron chi connectivity index (χ0n) is 16.7. The Balaban J connectivity index is 1.49. The van der Waals surface area contributed by atoms with Crippen molar-refractivity contribution >= 4 is 69.4 Å². The number of thiazole rings is 1. The molecule has 3 amide bonds. The lowest BCUT2D eigenvalue weighted by atomic mass is 10.1. The summed E-state index contributed by atoms with van der Waals surface area (Å²) in [6.45, 7) is 0. The number of nitrogens with zero attached hydrogens (tertiary/aromatic N) is 3. The highest BCUT2D eigenvalue weighted by molar-refractivity contribution is 8.00. The van der Waals surface area contributed by atoms with Crippen molar-refractivity contribution in [2.24, 2.45) is 5.16 Å². The molecule has 182 valence electrons. The Hall–Kier alpha value is -2.79. The number of carbonyl (C=O) groups is 4. The number of halogens is 3. The fraction of sp³-hybridized carbons (Fsp3) is 0.412. The number of nitrogens with one attached hydrogen (secondary N) is 2. The Kier molecular flexibility index (Phi) is 6.77. The Bertz CT molecular complexity index is 1100. The van der Waals surface area contributed by atoms with Crippen LogP contribution in [0.3, 0.4) is 0 Å². The molecular weight excluding hydrogens is 523 g/mol. The fourth-order valence-electron chi connectivity index (χ4n) is 2.85. The van der Waals surface area contributed by atoms with Gasteiger partial charge in [0.15, 0.2) is 10.8 Å². The topological polar surface area (TPSA) is 150 Å². The summed E-state index contributed by atoms with van der Waals surface area (Å²) in [4.78, 5) is 57.9. The first-order valence-corrected chi connectivity index (χ1v) is 12.5. The fourth-order valence-corrected chi connectivity index (χ4v) is 5.35. The number of oxime groups is 1. The van der Waals surface area contributed by atoms with E-state index in [0.717, 1.165) is 11.8 Å². The summed E-state index contributed by atoms with van der Waals surface area (Å²) in [5.41, 5.74) is -0.487. The zero-order chi connectivity index (χ0) is 24.6. The number of rotatable bonds is 7.